The maximum Gasteiger partial charge on any atom is 0.490 e. The minimum absolute atomic E-state index is 0.995. The number of rotatable bonds is 3. The summed E-state index contributed by atoms with van der Waals surface area (Å²) >= 11 is 0. The largest absolute Gasteiger partial charge is 0.490 e. The first kappa shape index (κ1) is 29.9. The molecule has 0 saturated carbocycles. The number of fused-ring (bicyclic) bond motifs is 1. The molecule has 1 saturated heterocycles. The van der Waals surface area contributed by atoms with E-state index in [1.54, 1.807) is 0 Å². The van der Waals surface area contributed by atoms with Crippen LogP contribution in [0.4, 0.5) is 32.0 Å². The zero-order chi connectivity index (χ0) is 27.8. The van der Waals surface area contributed by atoms with Gasteiger partial charge in [0.2, 0.25) is 0 Å². The molecule has 4 rings (SSSR count). The summed E-state index contributed by atoms with van der Waals surface area (Å²) in [6.45, 7) is 7.50. The Hall–Kier alpha value is -3.36. The van der Waals surface area contributed by atoms with E-state index in [0.29, 0.717) is 0 Å². The molecule has 2 aliphatic rings. The second kappa shape index (κ2) is 12.7. The van der Waals surface area contributed by atoms with Crippen LogP contribution in [0, 0.1) is 6.92 Å². The second-order valence-corrected chi connectivity index (χ2v) is 8.37. The number of aromatic nitrogens is 3. The molecule has 3 heterocycles. The van der Waals surface area contributed by atoms with Gasteiger partial charge in [-0.05, 0) is 49.8 Å². The SMILES string of the molecule is Cc1cnccc1N1CCN(Cc2n[nH]c3c2CCCC3)CC1.O=C(O)C(F)(F)F.O=C(O)C(F)(F)F. The van der Waals surface area contributed by atoms with E-state index in [2.05, 4.69) is 38.0 Å². The maximum atomic E-state index is 10.6. The number of aryl methyl sites for hydroxylation is 2. The summed E-state index contributed by atoms with van der Waals surface area (Å²) in [5, 5.41) is 22.1. The Kier molecular flexibility index (Phi) is 10.3. The Morgan fingerprint density at radius 3 is 2.03 bits per heavy atom. The predicted octanol–water partition coefficient (Wildman–Crippen LogP) is 3.58. The minimum Gasteiger partial charge on any atom is -0.475 e. The van der Waals surface area contributed by atoms with Crippen molar-refractivity contribution in [1.82, 2.24) is 20.1 Å². The molecule has 206 valence electrons. The minimum atomic E-state index is -5.08. The highest BCUT2D eigenvalue weighted by atomic mass is 19.4. The zero-order valence-electron chi connectivity index (χ0n) is 19.9. The van der Waals surface area contributed by atoms with Crippen LogP contribution in [-0.2, 0) is 29.0 Å². The van der Waals surface area contributed by atoms with Crippen molar-refractivity contribution < 1.29 is 46.1 Å². The second-order valence-electron chi connectivity index (χ2n) is 8.37. The van der Waals surface area contributed by atoms with Gasteiger partial charge in [-0.1, -0.05) is 0 Å². The monoisotopic (exact) mass is 539 g/mol. The molecule has 1 aliphatic heterocycles. The number of carboxylic acids is 2. The number of aromatic amines is 1. The van der Waals surface area contributed by atoms with Gasteiger partial charge in [-0.25, -0.2) is 9.59 Å². The lowest BCUT2D eigenvalue weighted by molar-refractivity contribution is -0.193. The highest BCUT2D eigenvalue weighted by molar-refractivity contribution is 5.73. The summed E-state index contributed by atoms with van der Waals surface area (Å²) in [4.78, 5) is 27.0. The van der Waals surface area contributed by atoms with Crippen LogP contribution in [0.5, 0.6) is 0 Å². The Balaban J connectivity index is 0.000000286. The molecule has 2 aromatic rings. The fourth-order valence-electron chi connectivity index (χ4n) is 3.86. The Morgan fingerprint density at radius 2 is 1.51 bits per heavy atom. The van der Waals surface area contributed by atoms with Gasteiger partial charge in [0.25, 0.3) is 0 Å². The van der Waals surface area contributed by atoms with Crippen LogP contribution < -0.4 is 4.90 Å². The number of nitrogens with one attached hydrogen (secondary N) is 1. The number of H-pyrrole nitrogens is 1. The molecule has 1 fully saturated rings. The highest BCUT2D eigenvalue weighted by Crippen LogP contribution is 2.24. The van der Waals surface area contributed by atoms with Crippen LogP contribution in [0.3, 0.4) is 0 Å². The third-order valence-electron chi connectivity index (χ3n) is 5.70. The third-order valence-corrected chi connectivity index (χ3v) is 5.70. The molecule has 0 bridgehead atoms. The van der Waals surface area contributed by atoms with Crippen LogP contribution in [0.25, 0.3) is 0 Å². The van der Waals surface area contributed by atoms with E-state index in [4.69, 9.17) is 19.8 Å². The van der Waals surface area contributed by atoms with E-state index in [0.717, 1.165) is 32.7 Å². The lowest BCUT2D eigenvalue weighted by atomic mass is 9.96. The van der Waals surface area contributed by atoms with Crippen molar-refractivity contribution in [2.75, 3.05) is 31.1 Å². The average Bonchev–Trinajstić information content (AvgIpc) is 3.22. The molecule has 0 spiro atoms. The van der Waals surface area contributed by atoms with Crippen LogP contribution in [-0.4, -0.2) is 80.8 Å². The number of anilines is 1. The number of alkyl halides is 6. The normalized spacial score (nSPS) is 16.0. The molecular formula is C22H27F6N5O4. The quantitative estimate of drug-likeness (QED) is 0.506. The Labute approximate surface area is 208 Å². The maximum absolute atomic E-state index is 10.6. The third kappa shape index (κ3) is 9.22. The standard InChI is InChI=1S/C18H25N5.2C2HF3O2/c1-14-12-19-7-6-18(14)23-10-8-22(9-11-23)13-17-15-4-2-3-5-16(15)20-21-17;2*3-2(4,5)1(6)7/h6-7,12H,2-5,8-11,13H2,1H3,(H,20,21);2*(H,6,7). The summed E-state index contributed by atoms with van der Waals surface area (Å²) < 4.78 is 63.5. The number of carboxylic acid groups (broad SMARTS) is 2. The van der Waals surface area contributed by atoms with Crippen molar-refractivity contribution >= 4 is 17.6 Å². The molecule has 9 nitrogen and oxygen atoms in total. The Morgan fingerprint density at radius 1 is 0.973 bits per heavy atom. The first-order valence-corrected chi connectivity index (χ1v) is 11.2. The molecule has 15 heteroatoms. The van der Waals surface area contributed by atoms with Crippen LogP contribution in [0.1, 0.15) is 35.4 Å². The molecule has 0 unspecified atom stereocenters. The van der Waals surface area contributed by atoms with Gasteiger partial charge in [0.1, 0.15) is 0 Å². The summed E-state index contributed by atoms with van der Waals surface area (Å²) in [6.07, 6.45) is -1.32. The van der Waals surface area contributed by atoms with Gasteiger partial charge < -0.3 is 15.1 Å². The van der Waals surface area contributed by atoms with E-state index in [-0.39, 0.29) is 0 Å². The van der Waals surface area contributed by atoms with E-state index < -0.39 is 24.3 Å². The van der Waals surface area contributed by atoms with Crippen molar-refractivity contribution in [3.05, 3.63) is 41.0 Å². The lowest BCUT2D eigenvalue weighted by Crippen LogP contribution is -2.46. The number of hydrogen-bond donors (Lipinski definition) is 3. The topological polar surface area (TPSA) is 123 Å². The molecule has 2 aromatic heterocycles. The van der Waals surface area contributed by atoms with Gasteiger partial charge >= 0.3 is 24.3 Å². The van der Waals surface area contributed by atoms with Crippen molar-refractivity contribution in [1.29, 1.82) is 0 Å². The van der Waals surface area contributed by atoms with Crippen molar-refractivity contribution in [3.63, 3.8) is 0 Å². The first-order chi connectivity index (χ1) is 17.2. The number of carbonyl (C=O) groups is 2. The van der Waals surface area contributed by atoms with Gasteiger partial charge in [0.15, 0.2) is 0 Å². The smallest absolute Gasteiger partial charge is 0.475 e. The fraction of sp³-hybridized carbons (Fsp3) is 0.545. The molecule has 37 heavy (non-hydrogen) atoms. The summed E-state index contributed by atoms with van der Waals surface area (Å²) in [6, 6.07) is 2.13. The molecule has 0 aromatic carbocycles. The highest BCUT2D eigenvalue weighted by Gasteiger charge is 2.38. The van der Waals surface area contributed by atoms with Gasteiger partial charge in [0.05, 0.1) is 5.69 Å². The Bertz CT molecular complexity index is 1020. The van der Waals surface area contributed by atoms with Crippen molar-refractivity contribution in [3.8, 4) is 0 Å². The van der Waals surface area contributed by atoms with Crippen LogP contribution >= 0.6 is 0 Å². The molecule has 0 amide bonds. The van der Waals surface area contributed by atoms with Crippen LogP contribution in [0.2, 0.25) is 0 Å². The van der Waals surface area contributed by atoms with Crippen molar-refractivity contribution in [2.24, 2.45) is 0 Å². The first-order valence-electron chi connectivity index (χ1n) is 11.2. The summed E-state index contributed by atoms with van der Waals surface area (Å²) in [7, 11) is 0. The number of piperazine rings is 1. The average molecular weight is 539 g/mol. The molecule has 0 radical (unpaired) electrons. The van der Waals surface area contributed by atoms with Crippen molar-refractivity contribution in [2.45, 2.75) is 51.5 Å². The van der Waals surface area contributed by atoms with Gasteiger partial charge in [-0.15, -0.1) is 0 Å². The van der Waals surface area contributed by atoms with E-state index in [9.17, 15) is 26.3 Å². The number of aliphatic carboxylic acids is 2. The molecular weight excluding hydrogens is 512 g/mol. The fourth-order valence-corrected chi connectivity index (χ4v) is 3.86. The zero-order valence-corrected chi connectivity index (χ0v) is 19.9. The number of halogens is 6. The molecule has 3 N–H and O–H groups in total. The summed E-state index contributed by atoms with van der Waals surface area (Å²) in [5.41, 5.74) is 6.77. The van der Waals surface area contributed by atoms with E-state index in [1.165, 1.54) is 53.9 Å². The lowest BCUT2D eigenvalue weighted by Gasteiger charge is -2.36. The van der Waals surface area contributed by atoms with E-state index in [1.807, 2.05) is 12.4 Å². The van der Waals surface area contributed by atoms with Gasteiger partial charge in [0, 0.05) is 56.5 Å². The summed E-state index contributed by atoms with van der Waals surface area (Å²) in [5.74, 6) is -5.51. The van der Waals surface area contributed by atoms with Crippen LogP contribution in [0.15, 0.2) is 18.5 Å². The number of hydrogen-bond acceptors (Lipinski definition) is 6. The molecule has 1 aliphatic carbocycles. The number of pyridine rings is 1. The predicted molar refractivity (Wildman–Crippen MR) is 119 cm³/mol. The van der Waals surface area contributed by atoms with Gasteiger partial charge in [-0.3, -0.25) is 15.0 Å². The molecule has 0 atom stereocenters. The van der Waals surface area contributed by atoms with E-state index >= 15 is 0 Å². The number of nitrogens with zero attached hydrogens (tertiary/aromatic N) is 4. The van der Waals surface area contributed by atoms with Gasteiger partial charge in [-0.2, -0.15) is 31.4 Å².